The zero-order valence-corrected chi connectivity index (χ0v) is 7.05. The fraction of sp³-hybridized carbons (Fsp3) is 0.667. The zero-order chi connectivity index (χ0) is 8.43. The highest BCUT2D eigenvalue weighted by molar-refractivity contribution is 5.87. The lowest BCUT2D eigenvalue weighted by Crippen LogP contribution is -2.12. The van der Waals surface area contributed by atoms with Crippen molar-refractivity contribution in [2.24, 2.45) is 5.92 Å². The van der Waals surface area contributed by atoms with Gasteiger partial charge in [-0.3, -0.25) is 0 Å². The number of hydrogen-bond donors (Lipinski definition) is 1. The Labute approximate surface area is 66.9 Å². The second-order valence-corrected chi connectivity index (χ2v) is 3.41. The Morgan fingerprint density at radius 2 is 2.27 bits per heavy atom. The fourth-order valence-electron chi connectivity index (χ4n) is 1.51. The van der Waals surface area contributed by atoms with E-state index in [9.17, 15) is 4.79 Å². The summed E-state index contributed by atoms with van der Waals surface area (Å²) in [5, 5.41) is 8.77. The van der Waals surface area contributed by atoms with Gasteiger partial charge in [0.2, 0.25) is 0 Å². The summed E-state index contributed by atoms with van der Waals surface area (Å²) in [6.45, 7) is 4.03. The van der Waals surface area contributed by atoms with Crippen LogP contribution < -0.4 is 0 Å². The maximum Gasteiger partial charge on any atom is 0.331 e. The molecule has 1 aliphatic rings. The summed E-state index contributed by atoms with van der Waals surface area (Å²) in [5.41, 5.74) is 1.71. The van der Waals surface area contributed by atoms with Crippen LogP contribution in [0.2, 0.25) is 0 Å². The summed E-state index contributed by atoms with van der Waals surface area (Å²) < 4.78 is 0. The first-order valence-corrected chi connectivity index (χ1v) is 4.03. The largest absolute Gasteiger partial charge is 0.478 e. The van der Waals surface area contributed by atoms with Gasteiger partial charge in [0.05, 0.1) is 0 Å². The van der Waals surface area contributed by atoms with Crippen LogP contribution in [0.25, 0.3) is 0 Å². The molecule has 11 heavy (non-hydrogen) atoms. The van der Waals surface area contributed by atoms with E-state index >= 15 is 0 Å². The van der Waals surface area contributed by atoms with Crippen LogP contribution >= 0.6 is 0 Å². The quantitative estimate of drug-likeness (QED) is 0.628. The lowest BCUT2D eigenvalue weighted by atomic mass is 9.86. The van der Waals surface area contributed by atoms with Crippen molar-refractivity contribution < 1.29 is 9.90 Å². The van der Waals surface area contributed by atoms with Gasteiger partial charge >= 0.3 is 5.97 Å². The van der Waals surface area contributed by atoms with Crippen molar-refractivity contribution in [2.75, 3.05) is 0 Å². The molecule has 1 N–H and O–H groups in total. The molecule has 1 rings (SSSR count). The number of rotatable bonds is 1. The van der Waals surface area contributed by atoms with Gasteiger partial charge in [-0.2, -0.15) is 0 Å². The van der Waals surface area contributed by atoms with E-state index in [0.717, 1.165) is 24.8 Å². The first-order valence-electron chi connectivity index (χ1n) is 4.03. The Bertz CT molecular complexity index is 204. The molecule has 1 atom stereocenters. The van der Waals surface area contributed by atoms with Gasteiger partial charge in [0.15, 0.2) is 0 Å². The Kier molecular flexibility index (Phi) is 2.32. The summed E-state index contributed by atoms with van der Waals surface area (Å²) in [6.07, 6.45) is 2.85. The molecule has 0 heterocycles. The molecule has 0 aromatic rings. The van der Waals surface area contributed by atoms with Gasteiger partial charge in [0.25, 0.3) is 0 Å². The van der Waals surface area contributed by atoms with E-state index in [1.165, 1.54) is 0 Å². The number of hydrogen-bond acceptors (Lipinski definition) is 1. The van der Waals surface area contributed by atoms with E-state index in [-0.39, 0.29) is 0 Å². The van der Waals surface area contributed by atoms with Gasteiger partial charge in [0.1, 0.15) is 0 Å². The van der Waals surface area contributed by atoms with Gasteiger partial charge in [-0.15, -0.1) is 0 Å². The molecule has 1 aliphatic carbocycles. The minimum atomic E-state index is -0.728. The Balaban J connectivity index is 2.80. The maximum absolute atomic E-state index is 10.7. The highest BCUT2D eigenvalue weighted by atomic mass is 16.4. The van der Waals surface area contributed by atoms with Crippen LogP contribution in [0.1, 0.15) is 33.1 Å². The van der Waals surface area contributed by atoms with Gasteiger partial charge in [0, 0.05) is 5.57 Å². The second kappa shape index (κ2) is 3.07. The van der Waals surface area contributed by atoms with E-state index < -0.39 is 5.97 Å². The van der Waals surface area contributed by atoms with Crippen LogP contribution in [-0.4, -0.2) is 11.1 Å². The summed E-state index contributed by atoms with van der Waals surface area (Å²) in [6, 6.07) is 0. The van der Waals surface area contributed by atoms with Crippen LogP contribution in [0.15, 0.2) is 11.1 Å². The average Bonchev–Trinajstić information content (AvgIpc) is 1.94. The molecule has 2 nitrogen and oxygen atoms in total. The summed E-state index contributed by atoms with van der Waals surface area (Å²) in [4.78, 5) is 10.7. The third-order valence-electron chi connectivity index (χ3n) is 2.34. The number of carbonyl (C=O) groups is 1. The molecule has 0 fully saturated rings. The van der Waals surface area contributed by atoms with Crippen molar-refractivity contribution in [3.63, 3.8) is 0 Å². The highest BCUT2D eigenvalue weighted by Gasteiger charge is 2.19. The van der Waals surface area contributed by atoms with Crippen molar-refractivity contribution in [3.8, 4) is 0 Å². The Morgan fingerprint density at radius 3 is 2.73 bits per heavy atom. The number of aliphatic carboxylic acids is 1. The minimum absolute atomic E-state index is 0.546. The molecule has 0 saturated carbocycles. The smallest absolute Gasteiger partial charge is 0.331 e. The van der Waals surface area contributed by atoms with E-state index in [1.54, 1.807) is 0 Å². The first kappa shape index (κ1) is 8.31. The standard InChI is InChI=1S/C9H14O2/c1-6-3-4-7(2)8(5-6)9(10)11/h6H,3-5H2,1-2H3,(H,10,11). The molecule has 1 unspecified atom stereocenters. The van der Waals surface area contributed by atoms with Crippen molar-refractivity contribution >= 4 is 5.97 Å². The van der Waals surface area contributed by atoms with E-state index in [4.69, 9.17) is 5.11 Å². The molecular formula is C9H14O2. The molecule has 0 aromatic carbocycles. The summed E-state index contributed by atoms with van der Waals surface area (Å²) in [7, 11) is 0. The van der Waals surface area contributed by atoms with Crippen LogP contribution in [0.4, 0.5) is 0 Å². The van der Waals surface area contributed by atoms with E-state index in [1.807, 2.05) is 6.92 Å². The van der Waals surface area contributed by atoms with Gasteiger partial charge < -0.3 is 5.11 Å². The normalized spacial score (nSPS) is 25.5. The molecule has 0 amide bonds. The lowest BCUT2D eigenvalue weighted by molar-refractivity contribution is -0.133. The van der Waals surface area contributed by atoms with Crippen molar-refractivity contribution in [2.45, 2.75) is 33.1 Å². The van der Waals surface area contributed by atoms with Crippen LogP contribution in [0.5, 0.6) is 0 Å². The second-order valence-electron chi connectivity index (χ2n) is 3.41. The Morgan fingerprint density at radius 1 is 1.64 bits per heavy atom. The molecule has 0 saturated heterocycles. The molecule has 0 aromatic heterocycles. The Hall–Kier alpha value is -0.790. The van der Waals surface area contributed by atoms with E-state index in [0.29, 0.717) is 11.5 Å². The predicted octanol–water partition coefficient (Wildman–Crippen LogP) is 2.21. The molecular weight excluding hydrogens is 140 g/mol. The molecule has 2 heteroatoms. The highest BCUT2D eigenvalue weighted by Crippen LogP contribution is 2.28. The lowest BCUT2D eigenvalue weighted by Gasteiger charge is -2.19. The third-order valence-corrected chi connectivity index (χ3v) is 2.34. The van der Waals surface area contributed by atoms with Crippen LogP contribution in [0.3, 0.4) is 0 Å². The molecule has 0 radical (unpaired) electrons. The third kappa shape index (κ3) is 1.82. The number of allylic oxidation sites excluding steroid dienone is 1. The predicted molar refractivity (Wildman–Crippen MR) is 43.4 cm³/mol. The van der Waals surface area contributed by atoms with Crippen molar-refractivity contribution in [1.29, 1.82) is 0 Å². The number of carboxylic acids is 1. The first-order chi connectivity index (χ1) is 5.11. The number of carboxylic acid groups (broad SMARTS) is 1. The zero-order valence-electron chi connectivity index (χ0n) is 7.05. The monoisotopic (exact) mass is 154 g/mol. The topological polar surface area (TPSA) is 37.3 Å². The van der Waals surface area contributed by atoms with Crippen LogP contribution in [0, 0.1) is 5.92 Å². The SMILES string of the molecule is CC1=C(C(=O)O)CC(C)CC1. The minimum Gasteiger partial charge on any atom is -0.478 e. The van der Waals surface area contributed by atoms with Gasteiger partial charge in [-0.25, -0.2) is 4.79 Å². The summed E-state index contributed by atoms with van der Waals surface area (Å²) in [5.74, 6) is -0.182. The van der Waals surface area contributed by atoms with Crippen molar-refractivity contribution in [3.05, 3.63) is 11.1 Å². The summed E-state index contributed by atoms with van der Waals surface area (Å²) >= 11 is 0. The van der Waals surface area contributed by atoms with Gasteiger partial charge in [-0.1, -0.05) is 12.5 Å². The molecule has 0 spiro atoms. The van der Waals surface area contributed by atoms with E-state index in [2.05, 4.69) is 6.92 Å². The van der Waals surface area contributed by atoms with Gasteiger partial charge in [-0.05, 0) is 32.1 Å². The van der Waals surface area contributed by atoms with Crippen LogP contribution in [-0.2, 0) is 4.79 Å². The molecule has 62 valence electrons. The molecule has 0 aliphatic heterocycles. The average molecular weight is 154 g/mol. The fourth-order valence-corrected chi connectivity index (χ4v) is 1.51. The van der Waals surface area contributed by atoms with Crippen molar-refractivity contribution in [1.82, 2.24) is 0 Å². The molecule has 0 bridgehead atoms. The maximum atomic E-state index is 10.7.